The average Bonchev–Trinajstić information content (AvgIpc) is 2.46. The lowest BCUT2D eigenvalue weighted by molar-refractivity contribution is 0.677. The minimum Gasteiger partial charge on any atom is -0.356 e. The van der Waals surface area contributed by atoms with Crippen molar-refractivity contribution in [3.63, 3.8) is 0 Å². The van der Waals surface area contributed by atoms with Crippen LogP contribution in [0.4, 0.5) is 0 Å². The molecule has 0 radical (unpaired) electrons. The zero-order valence-corrected chi connectivity index (χ0v) is 12.3. The monoisotopic (exact) mass is 261 g/mol. The van der Waals surface area contributed by atoms with Gasteiger partial charge in [-0.3, -0.25) is 4.99 Å². The number of guanidine groups is 1. The van der Waals surface area contributed by atoms with Crippen molar-refractivity contribution in [2.45, 2.75) is 39.0 Å². The summed E-state index contributed by atoms with van der Waals surface area (Å²) in [6, 6.07) is 10.6. The molecule has 0 aliphatic heterocycles. The Balaban J connectivity index is 2.09. The van der Waals surface area contributed by atoms with Crippen LogP contribution in [0.2, 0.25) is 0 Å². The quantitative estimate of drug-likeness (QED) is 0.429. The zero-order chi connectivity index (χ0) is 13.8. The second-order valence-corrected chi connectivity index (χ2v) is 4.72. The Morgan fingerprint density at radius 2 is 1.68 bits per heavy atom. The summed E-state index contributed by atoms with van der Waals surface area (Å²) < 4.78 is 0. The second kappa shape index (κ2) is 10.4. The highest BCUT2D eigenvalue weighted by molar-refractivity contribution is 5.79. The van der Waals surface area contributed by atoms with Crippen LogP contribution in [0.1, 0.15) is 38.2 Å². The lowest BCUT2D eigenvalue weighted by Crippen LogP contribution is -2.38. The molecule has 0 saturated carbocycles. The van der Waals surface area contributed by atoms with Crippen LogP contribution in [-0.4, -0.2) is 26.1 Å². The number of hydrogen-bond acceptors (Lipinski definition) is 1. The highest BCUT2D eigenvalue weighted by Gasteiger charge is 1.96. The summed E-state index contributed by atoms with van der Waals surface area (Å²) in [5.74, 6) is 0.921. The van der Waals surface area contributed by atoms with Gasteiger partial charge in [-0.2, -0.15) is 0 Å². The molecular weight excluding hydrogens is 234 g/mol. The van der Waals surface area contributed by atoms with Crippen molar-refractivity contribution in [2.24, 2.45) is 4.99 Å². The Hall–Kier alpha value is -1.51. The number of unbranched alkanes of at least 4 members (excludes halogenated alkanes) is 2. The normalized spacial score (nSPS) is 11.4. The molecule has 0 unspecified atom stereocenters. The smallest absolute Gasteiger partial charge is 0.190 e. The number of benzene rings is 1. The van der Waals surface area contributed by atoms with Gasteiger partial charge in [0.25, 0.3) is 0 Å². The highest BCUT2D eigenvalue weighted by atomic mass is 15.2. The maximum atomic E-state index is 4.22. The van der Waals surface area contributed by atoms with Crippen LogP contribution >= 0.6 is 0 Å². The molecule has 3 heteroatoms. The van der Waals surface area contributed by atoms with E-state index in [1.165, 1.54) is 24.8 Å². The van der Waals surface area contributed by atoms with E-state index in [-0.39, 0.29) is 0 Å². The van der Waals surface area contributed by atoms with Gasteiger partial charge in [-0.05, 0) is 24.8 Å². The van der Waals surface area contributed by atoms with Crippen LogP contribution in [0, 0.1) is 0 Å². The maximum Gasteiger partial charge on any atom is 0.190 e. The minimum atomic E-state index is 0.921. The van der Waals surface area contributed by atoms with Gasteiger partial charge in [-0.25, -0.2) is 0 Å². The summed E-state index contributed by atoms with van der Waals surface area (Å²) in [4.78, 5) is 4.22. The molecular formula is C16H27N3. The van der Waals surface area contributed by atoms with Crippen LogP contribution < -0.4 is 10.6 Å². The van der Waals surface area contributed by atoms with Crippen molar-refractivity contribution in [3.8, 4) is 0 Å². The fourth-order valence-corrected chi connectivity index (χ4v) is 1.95. The predicted octanol–water partition coefficient (Wildman–Crippen LogP) is 2.97. The molecule has 1 aromatic carbocycles. The number of aryl methyl sites for hydroxylation is 1. The third-order valence-electron chi connectivity index (χ3n) is 3.07. The van der Waals surface area contributed by atoms with Gasteiger partial charge in [0.2, 0.25) is 0 Å². The van der Waals surface area contributed by atoms with E-state index >= 15 is 0 Å². The zero-order valence-electron chi connectivity index (χ0n) is 12.3. The van der Waals surface area contributed by atoms with Gasteiger partial charge in [-0.15, -0.1) is 0 Å². The van der Waals surface area contributed by atoms with Crippen molar-refractivity contribution in [1.29, 1.82) is 0 Å². The summed E-state index contributed by atoms with van der Waals surface area (Å²) in [5.41, 5.74) is 1.40. The van der Waals surface area contributed by atoms with Crippen molar-refractivity contribution in [2.75, 3.05) is 20.1 Å². The van der Waals surface area contributed by atoms with E-state index in [9.17, 15) is 0 Å². The van der Waals surface area contributed by atoms with Crippen LogP contribution in [0.15, 0.2) is 35.3 Å². The third kappa shape index (κ3) is 7.50. The van der Waals surface area contributed by atoms with E-state index in [0.29, 0.717) is 0 Å². The van der Waals surface area contributed by atoms with Gasteiger partial charge < -0.3 is 10.6 Å². The fourth-order valence-electron chi connectivity index (χ4n) is 1.95. The molecule has 3 nitrogen and oxygen atoms in total. The molecule has 0 saturated heterocycles. The minimum absolute atomic E-state index is 0.921. The van der Waals surface area contributed by atoms with Crippen LogP contribution in [0.25, 0.3) is 0 Å². The van der Waals surface area contributed by atoms with Gasteiger partial charge >= 0.3 is 0 Å². The van der Waals surface area contributed by atoms with Gasteiger partial charge in [0.1, 0.15) is 0 Å². The lowest BCUT2D eigenvalue weighted by atomic mass is 10.1. The van der Waals surface area contributed by atoms with E-state index in [0.717, 1.165) is 31.9 Å². The van der Waals surface area contributed by atoms with Gasteiger partial charge in [0.05, 0.1) is 0 Å². The largest absolute Gasteiger partial charge is 0.356 e. The summed E-state index contributed by atoms with van der Waals surface area (Å²) in [5, 5.41) is 6.70. The first-order valence-electron chi connectivity index (χ1n) is 7.35. The van der Waals surface area contributed by atoms with E-state index < -0.39 is 0 Å². The van der Waals surface area contributed by atoms with Crippen LogP contribution in [0.5, 0.6) is 0 Å². The molecule has 1 rings (SSSR count). The molecule has 2 N–H and O–H groups in total. The van der Waals surface area contributed by atoms with Crippen LogP contribution in [0.3, 0.4) is 0 Å². The Morgan fingerprint density at radius 1 is 1.00 bits per heavy atom. The molecule has 106 valence electrons. The molecule has 0 bridgehead atoms. The third-order valence-corrected chi connectivity index (χ3v) is 3.07. The first-order valence-corrected chi connectivity index (χ1v) is 7.35. The molecule has 19 heavy (non-hydrogen) atoms. The van der Waals surface area contributed by atoms with E-state index in [4.69, 9.17) is 0 Å². The van der Waals surface area contributed by atoms with Gasteiger partial charge in [0, 0.05) is 20.1 Å². The maximum absolute atomic E-state index is 4.22. The van der Waals surface area contributed by atoms with Crippen molar-refractivity contribution < 1.29 is 0 Å². The molecule has 0 fully saturated rings. The molecule has 0 heterocycles. The molecule has 0 aromatic heterocycles. The Kier molecular flexibility index (Phi) is 8.52. The topological polar surface area (TPSA) is 36.4 Å². The second-order valence-electron chi connectivity index (χ2n) is 4.72. The van der Waals surface area contributed by atoms with E-state index in [1.54, 1.807) is 0 Å². The Bertz CT molecular complexity index is 346. The highest BCUT2D eigenvalue weighted by Crippen LogP contribution is 2.01. The fraction of sp³-hybridized carbons (Fsp3) is 0.562. The summed E-state index contributed by atoms with van der Waals surface area (Å²) in [7, 11) is 1.83. The van der Waals surface area contributed by atoms with Gasteiger partial charge in [0.15, 0.2) is 5.96 Å². The van der Waals surface area contributed by atoms with Crippen molar-refractivity contribution in [3.05, 3.63) is 35.9 Å². The molecule has 0 spiro atoms. The Morgan fingerprint density at radius 3 is 2.32 bits per heavy atom. The number of rotatable bonds is 8. The summed E-state index contributed by atoms with van der Waals surface area (Å²) >= 11 is 0. The summed E-state index contributed by atoms with van der Waals surface area (Å²) in [6.07, 6.45) is 5.98. The first-order chi connectivity index (χ1) is 9.36. The SMILES string of the molecule is CCCCCNC(=NC)NCCCc1ccccc1. The lowest BCUT2D eigenvalue weighted by Gasteiger charge is -2.11. The van der Waals surface area contributed by atoms with Crippen molar-refractivity contribution >= 4 is 5.96 Å². The van der Waals surface area contributed by atoms with E-state index in [2.05, 4.69) is 52.9 Å². The van der Waals surface area contributed by atoms with Crippen LogP contribution in [-0.2, 0) is 6.42 Å². The molecule has 0 aliphatic rings. The Labute approximate surface area is 117 Å². The van der Waals surface area contributed by atoms with Crippen molar-refractivity contribution in [1.82, 2.24) is 10.6 Å². The number of hydrogen-bond donors (Lipinski definition) is 2. The molecule has 0 amide bonds. The first kappa shape index (κ1) is 15.5. The summed E-state index contributed by atoms with van der Waals surface area (Å²) in [6.45, 7) is 4.19. The predicted molar refractivity (Wildman–Crippen MR) is 83.7 cm³/mol. The van der Waals surface area contributed by atoms with E-state index in [1.807, 2.05) is 7.05 Å². The molecule has 1 aromatic rings. The molecule has 0 aliphatic carbocycles. The average molecular weight is 261 g/mol. The standard InChI is InChI=1S/C16H27N3/c1-3-4-8-13-18-16(17-2)19-14-9-12-15-10-6-5-7-11-15/h5-7,10-11H,3-4,8-9,12-14H2,1-2H3,(H2,17,18,19). The number of nitrogens with zero attached hydrogens (tertiary/aromatic N) is 1. The van der Waals surface area contributed by atoms with Gasteiger partial charge in [-0.1, -0.05) is 50.1 Å². The molecule has 0 atom stereocenters. The number of nitrogens with one attached hydrogen (secondary N) is 2. The number of aliphatic imine (C=N–C) groups is 1.